The molecule has 1 heterocycles. The summed E-state index contributed by atoms with van der Waals surface area (Å²) in [5, 5.41) is 3.38. The van der Waals surface area contributed by atoms with E-state index < -0.39 is 0 Å². The van der Waals surface area contributed by atoms with Gasteiger partial charge in [0.15, 0.2) is 0 Å². The van der Waals surface area contributed by atoms with E-state index in [-0.39, 0.29) is 0 Å². The van der Waals surface area contributed by atoms with Crippen molar-refractivity contribution >= 4 is 5.95 Å². The maximum atomic E-state index is 5.11. The summed E-state index contributed by atoms with van der Waals surface area (Å²) in [5.74, 6) is 1.47. The van der Waals surface area contributed by atoms with Gasteiger partial charge in [-0.1, -0.05) is 13.8 Å². The van der Waals surface area contributed by atoms with Crippen molar-refractivity contribution in [2.45, 2.75) is 33.7 Å². The van der Waals surface area contributed by atoms with E-state index in [1.165, 1.54) is 0 Å². The summed E-state index contributed by atoms with van der Waals surface area (Å²) >= 11 is 0. The van der Waals surface area contributed by atoms with Crippen LogP contribution in [0.15, 0.2) is 6.20 Å². The number of methoxy groups -OCH3 is 1. The Morgan fingerprint density at radius 1 is 1.56 bits per heavy atom. The third-order valence-electron chi connectivity index (χ3n) is 2.42. The van der Waals surface area contributed by atoms with Crippen molar-refractivity contribution in [1.29, 1.82) is 0 Å². The van der Waals surface area contributed by atoms with E-state index in [0.29, 0.717) is 5.92 Å². The number of aromatic nitrogens is 2. The summed E-state index contributed by atoms with van der Waals surface area (Å²) in [6, 6.07) is 0. The molecule has 1 aromatic rings. The molecule has 0 aliphatic carbocycles. The molecule has 0 aromatic carbocycles. The first kappa shape index (κ1) is 13.0. The summed E-state index contributed by atoms with van der Waals surface area (Å²) < 4.78 is 7.28. The molecule has 1 unspecified atom stereocenters. The van der Waals surface area contributed by atoms with Gasteiger partial charge in [0.25, 0.3) is 0 Å². The molecule has 1 N–H and O–H groups in total. The molecule has 1 aromatic heterocycles. The van der Waals surface area contributed by atoms with Crippen molar-refractivity contribution in [3.63, 3.8) is 0 Å². The predicted molar refractivity (Wildman–Crippen MR) is 66.8 cm³/mol. The molecule has 0 saturated carbocycles. The van der Waals surface area contributed by atoms with Gasteiger partial charge in [0.1, 0.15) is 0 Å². The molecule has 0 fully saturated rings. The molecule has 0 amide bonds. The van der Waals surface area contributed by atoms with Gasteiger partial charge in [0, 0.05) is 26.4 Å². The standard InChI is InChI=1S/C12H23N3O/c1-5-6-15-8-11(3)14-12(15)13-7-10(2)9-16-4/h8,10H,5-7,9H2,1-4H3,(H,13,14). The maximum absolute atomic E-state index is 5.11. The Hall–Kier alpha value is -1.03. The van der Waals surface area contributed by atoms with Crippen LogP contribution in [0.3, 0.4) is 0 Å². The number of hydrogen-bond acceptors (Lipinski definition) is 3. The molecule has 4 nitrogen and oxygen atoms in total. The Labute approximate surface area is 98.0 Å². The Balaban J connectivity index is 2.51. The van der Waals surface area contributed by atoms with E-state index in [9.17, 15) is 0 Å². The third kappa shape index (κ3) is 3.85. The summed E-state index contributed by atoms with van der Waals surface area (Å²) in [7, 11) is 1.73. The number of hydrogen-bond donors (Lipinski definition) is 1. The van der Waals surface area contributed by atoms with Crippen molar-refractivity contribution in [2.24, 2.45) is 5.92 Å². The largest absolute Gasteiger partial charge is 0.384 e. The fourth-order valence-corrected chi connectivity index (χ4v) is 1.71. The highest BCUT2D eigenvalue weighted by Crippen LogP contribution is 2.10. The zero-order chi connectivity index (χ0) is 12.0. The average Bonchev–Trinajstić information content (AvgIpc) is 2.57. The number of anilines is 1. The fourth-order valence-electron chi connectivity index (χ4n) is 1.71. The van der Waals surface area contributed by atoms with Crippen molar-refractivity contribution in [3.8, 4) is 0 Å². The van der Waals surface area contributed by atoms with E-state index in [1.54, 1.807) is 7.11 Å². The van der Waals surface area contributed by atoms with Crippen LogP contribution in [0.25, 0.3) is 0 Å². The molecule has 0 spiro atoms. The highest BCUT2D eigenvalue weighted by molar-refractivity contribution is 5.28. The molecule has 0 radical (unpaired) electrons. The van der Waals surface area contributed by atoms with E-state index in [2.05, 4.69) is 34.9 Å². The van der Waals surface area contributed by atoms with Crippen LogP contribution in [0.5, 0.6) is 0 Å². The van der Waals surface area contributed by atoms with Gasteiger partial charge < -0.3 is 14.6 Å². The molecule has 0 saturated heterocycles. The van der Waals surface area contributed by atoms with Gasteiger partial charge >= 0.3 is 0 Å². The normalized spacial score (nSPS) is 12.8. The van der Waals surface area contributed by atoms with Crippen LogP contribution < -0.4 is 5.32 Å². The lowest BCUT2D eigenvalue weighted by Gasteiger charge is -2.13. The first-order valence-corrected chi connectivity index (χ1v) is 5.94. The minimum atomic E-state index is 0.497. The van der Waals surface area contributed by atoms with Crippen LogP contribution in [0.2, 0.25) is 0 Å². The Morgan fingerprint density at radius 3 is 2.94 bits per heavy atom. The lowest BCUT2D eigenvalue weighted by molar-refractivity contribution is 0.164. The second kappa shape index (κ2) is 6.53. The van der Waals surface area contributed by atoms with Gasteiger partial charge in [-0.2, -0.15) is 0 Å². The van der Waals surface area contributed by atoms with Crippen LogP contribution >= 0.6 is 0 Å². The lowest BCUT2D eigenvalue weighted by atomic mass is 10.2. The summed E-state index contributed by atoms with van der Waals surface area (Å²) in [5.41, 5.74) is 1.07. The lowest BCUT2D eigenvalue weighted by Crippen LogP contribution is -2.18. The van der Waals surface area contributed by atoms with Crippen LogP contribution in [-0.4, -0.2) is 29.8 Å². The minimum Gasteiger partial charge on any atom is -0.384 e. The molecule has 4 heteroatoms. The van der Waals surface area contributed by atoms with Crippen LogP contribution in [0, 0.1) is 12.8 Å². The summed E-state index contributed by atoms with van der Waals surface area (Å²) in [6.45, 7) is 9.05. The molecule has 0 aliphatic rings. The van der Waals surface area contributed by atoms with E-state index in [1.807, 2.05) is 6.92 Å². The Kier molecular flexibility index (Phi) is 5.32. The summed E-state index contributed by atoms with van der Waals surface area (Å²) in [6.07, 6.45) is 3.21. The predicted octanol–water partition coefficient (Wildman–Crippen LogP) is 2.30. The number of ether oxygens (including phenoxy) is 1. The highest BCUT2D eigenvalue weighted by Gasteiger charge is 2.06. The number of aryl methyl sites for hydroxylation is 2. The molecule has 16 heavy (non-hydrogen) atoms. The smallest absolute Gasteiger partial charge is 0.203 e. The molecule has 0 aliphatic heterocycles. The second-order valence-corrected chi connectivity index (χ2v) is 4.34. The maximum Gasteiger partial charge on any atom is 0.203 e. The number of rotatable bonds is 7. The zero-order valence-corrected chi connectivity index (χ0v) is 10.8. The number of nitrogens with one attached hydrogen (secondary N) is 1. The van der Waals surface area contributed by atoms with Gasteiger partial charge in [0.2, 0.25) is 5.95 Å². The van der Waals surface area contributed by atoms with Gasteiger partial charge in [-0.25, -0.2) is 4.98 Å². The molecule has 1 atom stereocenters. The van der Waals surface area contributed by atoms with Gasteiger partial charge in [-0.15, -0.1) is 0 Å². The molecular weight excluding hydrogens is 202 g/mol. The van der Waals surface area contributed by atoms with Gasteiger partial charge in [-0.3, -0.25) is 0 Å². The van der Waals surface area contributed by atoms with Crippen molar-refractivity contribution < 1.29 is 4.74 Å². The average molecular weight is 225 g/mol. The van der Waals surface area contributed by atoms with Crippen LogP contribution in [-0.2, 0) is 11.3 Å². The quantitative estimate of drug-likeness (QED) is 0.774. The van der Waals surface area contributed by atoms with E-state index >= 15 is 0 Å². The summed E-state index contributed by atoms with van der Waals surface area (Å²) in [4.78, 5) is 4.47. The van der Waals surface area contributed by atoms with E-state index in [0.717, 1.165) is 37.8 Å². The molecule has 92 valence electrons. The Bertz CT molecular complexity index is 309. The van der Waals surface area contributed by atoms with Crippen LogP contribution in [0.4, 0.5) is 5.95 Å². The molecular formula is C12H23N3O. The number of nitrogens with zero attached hydrogens (tertiary/aromatic N) is 2. The van der Waals surface area contributed by atoms with Gasteiger partial charge in [0.05, 0.1) is 12.3 Å². The SMILES string of the molecule is CCCn1cc(C)nc1NCC(C)COC. The Morgan fingerprint density at radius 2 is 2.31 bits per heavy atom. The molecule has 0 bridgehead atoms. The monoisotopic (exact) mass is 225 g/mol. The van der Waals surface area contributed by atoms with Gasteiger partial charge in [-0.05, 0) is 19.3 Å². The minimum absolute atomic E-state index is 0.497. The third-order valence-corrected chi connectivity index (χ3v) is 2.42. The van der Waals surface area contributed by atoms with Crippen molar-refractivity contribution in [1.82, 2.24) is 9.55 Å². The zero-order valence-electron chi connectivity index (χ0n) is 10.8. The highest BCUT2D eigenvalue weighted by atomic mass is 16.5. The topological polar surface area (TPSA) is 39.1 Å². The fraction of sp³-hybridized carbons (Fsp3) is 0.750. The second-order valence-electron chi connectivity index (χ2n) is 4.34. The molecule has 1 rings (SSSR count). The number of imidazole rings is 1. The van der Waals surface area contributed by atoms with E-state index in [4.69, 9.17) is 4.74 Å². The van der Waals surface area contributed by atoms with Crippen LogP contribution in [0.1, 0.15) is 26.0 Å². The van der Waals surface area contributed by atoms with Crippen molar-refractivity contribution in [3.05, 3.63) is 11.9 Å². The first-order chi connectivity index (χ1) is 7.67. The van der Waals surface area contributed by atoms with Crippen molar-refractivity contribution in [2.75, 3.05) is 25.6 Å². The first-order valence-electron chi connectivity index (χ1n) is 5.94.